The number of aliphatic hydroxyl groups excluding tert-OH is 4. The molecular formula is C23H24O12. The topological polar surface area (TPSA) is 189 Å². The number of rotatable bonds is 6. The molecule has 1 fully saturated rings. The van der Waals surface area contributed by atoms with Crippen molar-refractivity contribution in [2.24, 2.45) is 0 Å². The lowest BCUT2D eigenvalue weighted by molar-refractivity contribution is -0.277. The molecule has 1 aromatic carbocycles. The summed E-state index contributed by atoms with van der Waals surface area (Å²) in [6.07, 6.45) is -7.82. The van der Waals surface area contributed by atoms with Gasteiger partial charge in [0, 0.05) is 17.7 Å². The molecule has 0 radical (unpaired) electrons. The van der Waals surface area contributed by atoms with Crippen molar-refractivity contribution in [3.8, 4) is 51.4 Å². The molecule has 1 aliphatic carbocycles. The van der Waals surface area contributed by atoms with Crippen LogP contribution in [0.5, 0.6) is 28.7 Å². The molecule has 0 amide bonds. The van der Waals surface area contributed by atoms with E-state index in [-0.39, 0.29) is 45.6 Å². The molecule has 0 saturated carbocycles. The molecule has 6 N–H and O–H groups in total. The molecule has 0 bridgehead atoms. The molecule has 12 nitrogen and oxygen atoms in total. The maximum atomic E-state index is 11.9. The highest BCUT2D eigenvalue weighted by Gasteiger charge is 2.45. The lowest BCUT2D eigenvalue weighted by atomic mass is 9.99. The van der Waals surface area contributed by atoms with Crippen LogP contribution >= 0.6 is 0 Å². The molecule has 2 aliphatic heterocycles. The third-order valence-electron chi connectivity index (χ3n) is 5.64. The summed E-state index contributed by atoms with van der Waals surface area (Å²) in [5, 5.41) is 60.6. The van der Waals surface area contributed by atoms with Crippen LogP contribution in [0.25, 0.3) is 22.6 Å². The van der Waals surface area contributed by atoms with Gasteiger partial charge in [-0.1, -0.05) is 0 Å². The predicted octanol–water partition coefficient (Wildman–Crippen LogP) is 0.0187. The molecule has 3 aliphatic rings. The van der Waals surface area contributed by atoms with E-state index in [2.05, 4.69) is 0 Å². The van der Waals surface area contributed by atoms with E-state index in [0.29, 0.717) is 0 Å². The quantitative estimate of drug-likeness (QED) is 0.271. The van der Waals surface area contributed by atoms with Gasteiger partial charge in [-0.25, -0.2) is 0 Å². The Morgan fingerprint density at radius 2 is 1.54 bits per heavy atom. The van der Waals surface area contributed by atoms with Crippen LogP contribution in [0.1, 0.15) is 0 Å². The molecule has 0 aromatic heterocycles. The number of hydrogen-bond acceptors (Lipinski definition) is 12. The van der Waals surface area contributed by atoms with E-state index in [1.165, 1.54) is 32.4 Å². The molecule has 4 rings (SSSR count). The maximum absolute atomic E-state index is 11.9. The average Bonchev–Trinajstić information content (AvgIpc) is 2.84. The van der Waals surface area contributed by atoms with Gasteiger partial charge in [0.05, 0.1) is 26.4 Å². The monoisotopic (exact) mass is 492 g/mol. The molecule has 1 saturated heterocycles. The standard InChI is InChI=1S/C23H24O12/c1-31-14-3-9(4-15(32-2)18(14)27)22-16(7-11-12(26)5-10(25)6-13(11)33-22)34-23-21(30)20(29)19(28)17(8-24)35-23/h3-7,17,19-21,23-24,26-30H,8H2,1-2H3/t17-,19-,20+,21-,23-/m1/s1. The molecule has 35 heavy (non-hydrogen) atoms. The lowest BCUT2D eigenvalue weighted by Gasteiger charge is -2.39. The lowest BCUT2D eigenvalue weighted by Crippen LogP contribution is -2.60. The van der Waals surface area contributed by atoms with Crippen molar-refractivity contribution >= 4 is 0 Å². The number of phenols is 2. The van der Waals surface area contributed by atoms with Gasteiger partial charge in [-0.15, -0.1) is 0 Å². The van der Waals surface area contributed by atoms with Crippen molar-refractivity contribution in [3.05, 3.63) is 40.6 Å². The number of ether oxygens (including phenoxy) is 4. The molecule has 188 valence electrons. The summed E-state index contributed by atoms with van der Waals surface area (Å²) >= 11 is 0. The van der Waals surface area contributed by atoms with Crippen LogP contribution in [0.4, 0.5) is 0 Å². The van der Waals surface area contributed by atoms with E-state index in [1.807, 2.05) is 0 Å². The van der Waals surface area contributed by atoms with Gasteiger partial charge in [-0.2, -0.15) is 0 Å². The van der Waals surface area contributed by atoms with Gasteiger partial charge in [0.1, 0.15) is 35.9 Å². The fourth-order valence-corrected chi connectivity index (χ4v) is 3.78. The smallest absolute Gasteiger partial charge is 0.229 e. The molecule has 1 aromatic rings. The number of aromatic hydroxyl groups is 2. The van der Waals surface area contributed by atoms with Crippen LogP contribution in [0.15, 0.2) is 39.5 Å². The largest absolute Gasteiger partial charge is 0.507 e. The number of aliphatic hydroxyl groups is 4. The third-order valence-corrected chi connectivity index (χ3v) is 5.64. The van der Waals surface area contributed by atoms with Gasteiger partial charge in [-0.3, -0.25) is 4.79 Å². The number of benzene rings is 2. The molecular weight excluding hydrogens is 468 g/mol. The first-order chi connectivity index (χ1) is 16.7. The van der Waals surface area contributed by atoms with Crippen molar-refractivity contribution in [1.29, 1.82) is 0 Å². The summed E-state index contributed by atoms with van der Waals surface area (Å²) in [6, 6.07) is 6.22. The Labute approximate surface area is 198 Å². The highest BCUT2D eigenvalue weighted by atomic mass is 16.7. The molecule has 5 atom stereocenters. The van der Waals surface area contributed by atoms with E-state index < -0.39 is 48.5 Å². The Balaban J connectivity index is 1.89. The van der Waals surface area contributed by atoms with Gasteiger partial charge < -0.3 is 54.0 Å². The van der Waals surface area contributed by atoms with E-state index in [0.717, 1.165) is 12.1 Å². The van der Waals surface area contributed by atoms with Crippen molar-refractivity contribution in [2.45, 2.75) is 30.7 Å². The van der Waals surface area contributed by atoms with E-state index in [9.17, 15) is 35.4 Å². The SMILES string of the molecule is COc1cc(-c2oc3cc(=O)cc(O)c-3cc2O[C@@H]2O[C@H](CO)[C@@H](O)[C@H](O)[C@H]2O)cc(OC)c1O. The zero-order valence-electron chi connectivity index (χ0n) is 18.6. The first-order valence-electron chi connectivity index (χ1n) is 10.4. The van der Waals surface area contributed by atoms with E-state index >= 15 is 0 Å². The second kappa shape index (κ2) is 9.60. The minimum Gasteiger partial charge on any atom is -0.507 e. The van der Waals surface area contributed by atoms with Crippen LogP contribution < -0.4 is 19.6 Å². The average molecular weight is 492 g/mol. The van der Waals surface area contributed by atoms with Crippen LogP contribution in [0, 0.1) is 0 Å². The predicted molar refractivity (Wildman–Crippen MR) is 118 cm³/mol. The summed E-state index contributed by atoms with van der Waals surface area (Å²) in [7, 11) is 2.64. The van der Waals surface area contributed by atoms with E-state index in [4.69, 9.17) is 23.4 Å². The number of fused-ring (bicyclic) bond motifs is 1. The van der Waals surface area contributed by atoms with Crippen LogP contribution in [0.3, 0.4) is 0 Å². The third kappa shape index (κ3) is 4.45. The van der Waals surface area contributed by atoms with E-state index in [1.54, 1.807) is 0 Å². The second-order valence-electron chi connectivity index (χ2n) is 7.84. The zero-order valence-corrected chi connectivity index (χ0v) is 18.6. The second-order valence-corrected chi connectivity index (χ2v) is 7.84. The van der Waals surface area contributed by atoms with Gasteiger partial charge in [0.15, 0.2) is 28.4 Å². The van der Waals surface area contributed by atoms with Gasteiger partial charge in [0.2, 0.25) is 12.0 Å². The summed E-state index contributed by atoms with van der Waals surface area (Å²) in [5.74, 6) is -0.806. The first-order valence-corrected chi connectivity index (χ1v) is 10.4. The fourth-order valence-electron chi connectivity index (χ4n) is 3.78. The highest BCUT2D eigenvalue weighted by Crippen LogP contribution is 2.46. The highest BCUT2D eigenvalue weighted by molar-refractivity contribution is 5.77. The number of hydrogen-bond donors (Lipinski definition) is 6. The Kier molecular flexibility index (Phi) is 6.74. The summed E-state index contributed by atoms with van der Waals surface area (Å²) < 4.78 is 27.5. The van der Waals surface area contributed by atoms with Gasteiger partial charge in [-0.05, 0) is 18.2 Å². The fraction of sp³-hybridized carbons (Fsp3) is 0.348. The zero-order chi connectivity index (χ0) is 25.4. The summed E-state index contributed by atoms with van der Waals surface area (Å²) in [6.45, 7) is -0.667. The Morgan fingerprint density at radius 1 is 0.886 bits per heavy atom. The summed E-state index contributed by atoms with van der Waals surface area (Å²) in [4.78, 5) is 11.9. The van der Waals surface area contributed by atoms with Crippen molar-refractivity contribution in [2.75, 3.05) is 20.8 Å². The van der Waals surface area contributed by atoms with Gasteiger partial charge >= 0.3 is 0 Å². The Bertz CT molecular complexity index is 1210. The molecule has 12 heteroatoms. The van der Waals surface area contributed by atoms with Crippen LogP contribution in [-0.2, 0) is 4.74 Å². The van der Waals surface area contributed by atoms with Crippen molar-refractivity contribution in [1.82, 2.24) is 0 Å². The van der Waals surface area contributed by atoms with Crippen molar-refractivity contribution in [3.63, 3.8) is 0 Å². The molecule has 0 spiro atoms. The van der Waals surface area contributed by atoms with Crippen LogP contribution in [-0.4, -0.2) is 82.2 Å². The summed E-state index contributed by atoms with van der Waals surface area (Å²) in [5.41, 5.74) is -0.187. The maximum Gasteiger partial charge on any atom is 0.229 e. The number of phenolic OH excluding ortho intramolecular Hbond substituents is 2. The Hall–Kier alpha value is -3.55. The Morgan fingerprint density at radius 3 is 2.14 bits per heavy atom. The first kappa shape index (κ1) is 24.6. The van der Waals surface area contributed by atoms with Crippen molar-refractivity contribution < 1.29 is 54.0 Å². The molecule has 0 unspecified atom stereocenters. The normalized spacial score (nSPS) is 24.3. The van der Waals surface area contributed by atoms with Crippen LogP contribution in [0.2, 0.25) is 0 Å². The number of methoxy groups -OCH3 is 2. The minimum absolute atomic E-state index is 0.00263. The molecule has 2 heterocycles. The minimum atomic E-state index is -1.72. The van der Waals surface area contributed by atoms with Gasteiger partial charge in [0.25, 0.3) is 0 Å².